The number of rotatable bonds is 2. The summed E-state index contributed by atoms with van der Waals surface area (Å²) in [6, 6.07) is 0. The first-order chi connectivity index (χ1) is 5.79. The predicted octanol–water partition coefficient (Wildman–Crippen LogP) is 1.52. The van der Waals surface area contributed by atoms with Crippen LogP contribution >= 0.6 is 23.5 Å². The van der Waals surface area contributed by atoms with Crippen molar-refractivity contribution < 1.29 is 4.79 Å². The van der Waals surface area contributed by atoms with Gasteiger partial charge in [0.1, 0.15) is 10.8 Å². The van der Waals surface area contributed by atoms with Crippen molar-refractivity contribution in [2.75, 3.05) is 0 Å². The lowest BCUT2D eigenvalue weighted by Gasteiger charge is -2.01. The maximum atomic E-state index is 11.3. The highest BCUT2D eigenvalue weighted by Crippen LogP contribution is 2.32. The van der Waals surface area contributed by atoms with Crippen LogP contribution < -0.4 is 0 Å². The van der Waals surface area contributed by atoms with E-state index in [0.717, 1.165) is 36.4 Å². The average molecular weight is 198 g/mol. The third-order valence-corrected chi connectivity index (χ3v) is 3.43. The molecule has 1 aliphatic carbocycles. The van der Waals surface area contributed by atoms with Crippen LogP contribution in [0, 0.1) is 21.3 Å². The van der Waals surface area contributed by atoms with Gasteiger partial charge in [-0.05, 0) is 36.4 Å². The number of nitriles is 2. The van der Waals surface area contributed by atoms with Gasteiger partial charge in [0.2, 0.25) is 0 Å². The second kappa shape index (κ2) is 4.39. The molecule has 0 N–H and O–H groups in total. The lowest BCUT2D eigenvalue weighted by atomic mass is 10.3. The van der Waals surface area contributed by atoms with Crippen molar-refractivity contribution in [2.24, 2.45) is 0 Å². The van der Waals surface area contributed by atoms with Gasteiger partial charge in [-0.3, -0.25) is 4.79 Å². The summed E-state index contributed by atoms with van der Waals surface area (Å²) in [5, 5.41) is 20.1. The quantitative estimate of drug-likeness (QED) is 0.629. The Balaban J connectivity index is 2.51. The van der Waals surface area contributed by atoms with Crippen LogP contribution in [0.2, 0.25) is 0 Å². The summed E-state index contributed by atoms with van der Waals surface area (Å²) in [4.78, 5) is 11.3. The van der Waals surface area contributed by atoms with E-state index in [9.17, 15) is 4.79 Å². The lowest BCUT2D eigenvalue weighted by Crippen LogP contribution is -2.16. The van der Waals surface area contributed by atoms with Crippen molar-refractivity contribution in [3.05, 3.63) is 0 Å². The van der Waals surface area contributed by atoms with Gasteiger partial charge in [0, 0.05) is 0 Å². The van der Waals surface area contributed by atoms with Crippen molar-refractivity contribution in [2.45, 2.75) is 23.3 Å². The van der Waals surface area contributed by atoms with E-state index >= 15 is 0 Å². The van der Waals surface area contributed by atoms with Crippen LogP contribution in [0.4, 0.5) is 0 Å². The molecule has 2 atom stereocenters. The van der Waals surface area contributed by atoms with Crippen molar-refractivity contribution in [3.63, 3.8) is 0 Å². The molecule has 1 rings (SSSR count). The molecule has 0 saturated heterocycles. The third kappa shape index (κ3) is 1.94. The first-order valence-electron chi connectivity index (χ1n) is 3.42. The highest BCUT2D eigenvalue weighted by Gasteiger charge is 2.35. The lowest BCUT2D eigenvalue weighted by molar-refractivity contribution is -0.116. The average Bonchev–Trinajstić information content (AvgIpc) is 2.38. The molecule has 1 fully saturated rings. The molecular weight excluding hydrogens is 192 g/mol. The Labute approximate surface area is 79.1 Å². The van der Waals surface area contributed by atoms with Gasteiger partial charge in [-0.2, -0.15) is 10.5 Å². The Morgan fingerprint density at radius 2 is 1.58 bits per heavy atom. The SMILES string of the molecule is N#CS[C@H]1CC[C@@H](SC#N)C1=O. The minimum absolute atomic E-state index is 0.0492. The molecule has 0 unspecified atom stereocenters. The van der Waals surface area contributed by atoms with Gasteiger partial charge in [0.05, 0.1) is 10.5 Å². The number of ketones is 1. The second-order valence-corrected chi connectivity index (χ2v) is 4.35. The van der Waals surface area contributed by atoms with E-state index in [0.29, 0.717) is 0 Å². The van der Waals surface area contributed by atoms with E-state index in [1.165, 1.54) is 0 Å². The summed E-state index contributed by atoms with van der Waals surface area (Å²) in [6.45, 7) is 0. The molecule has 0 heterocycles. The molecule has 62 valence electrons. The third-order valence-electron chi connectivity index (χ3n) is 1.72. The van der Waals surface area contributed by atoms with Gasteiger partial charge in [-0.25, -0.2) is 0 Å². The van der Waals surface area contributed by atoms with Crippen molar-refractivity contribution in [1.29, 1.82) is 10.5 Å². The molecule has 0 spiro atoms. The fourth-order valence-electron chi connectivity index (χ4n) is 1.16. The van der Waals surface area contributed by atoms with E-state index in [1.807, 2.05) is 10.8 Å². The maximum Gasteiger partial charge on any atom is 0.160 e. The molecule has 5 heteroatoms. The van der Waals surface area contributed by atoms with Gasteiger partial charge in [0.15, 0.2) is 5.78 Å². The minimum Gasteiger partial charge on any atom is -0.297 e. The first kappa shape index (κ1) is 9.44. The number of Topliss-reactive ketones (excluding diaryl/α,β-unsaturated/α-hetero) is 1. The monoisotopic (exact) mass is 198 g/mol. The van der Waals surface area contributed by atoms with Crippen molar-refractivity contribution in [1.82, 2.24) is 0 Å². The van der Waals surface area contributed by atoms with Crippen LogP contribution in [-0.4, -0.2) is 16.3 Å². The van der Waals surface area contributed by atoms with E-state index in [1.54, 1.807) is 0 Å². The van der Waals surface area contributed by atoms with Gasteiger partial charge < -0.3 is 0 Å². The van der Waals surface area contributed by atoms with Gasteiger partial charge >= 0.3 is 0 Å². The Hall–Kier alpha value is -0.650. The molecule has 0 bridgehead atoms. The predicted molar refractivity (Wildman–Crippen MR) is 48.2 cm³/mol. The molecule has 0 radical (unpaired) electrons. The van der Waals surface area contributed by atoms with E-state index in [2.05, 4.69) is 0 Å². The summed E-state index contributed by atoms with van der Waals surface area (Å²) in [5.74, 6) is 0.0492. The smallest absolute Gasteiger partial charge is 0.160 e. The van der Waals surface area contributed by atoms with Crippen LogP contribution in [-0.2, 0) is 4.79 Å². The summed E-state index contributed by atoms with van der Waals surface area (Å²) in [6.07, 6.45) is 1.47. The van der Waals surface area contributed by atoms with Gasteiger partial charge in [0.25, 0.3) is 0 Å². The standard InChI is InChI=1S/C7H6N2OS2/c8-3-11-5-1-2-6(7(5)10)12-4-9/h5-6H,1-2H2/t5-,6+. The summed E-state index contributed by atoms with van der Waals surface area (Å²) in [7, 11) is 0. The molecule has 1 saturated carbocycles. The van der Waals surface area contributed by atoms with Crippen LogP contribution in [0.5, 0.6) is 0 Å². The molecular formula is C7H6N2OS2. The zero-order valence-electron chi connectivity index (χ0n) is 6.19. The molecule has 12 heavy (non-hydrogen) atoms. The molecule has 1 aliphatic rings. The highest BCUT2D eigenvalue weighted by atomic mass is 32.2. The molecule has 0 aromatic rings. The van der Waals surface area contributed by atoms with Crippen molar-refractivity contribution in [3.8, 4) is 10.8 Å². The minimum atomic E-state index is -0.194. The van der Waals surface area contributed by atoms with Gasteiger partial charge in [-0.15, -0.1) is 0 Å². The number of carbonyl (C=O) groups is 1. The van der Waals surface area contributed by atoms with Crippen LogP contribution in [0.15, 0.2) is 0 Å². The molecule has 0 amide bonds. The number of nitrogens with zero attached hydrogens (tertiary/aromatic N) is 2. The fraction of sp³-hybridized carbons (Fsp3) is 0.571. The number of hydrogen-bond acceptors (Lipinski definition) is 5. The number of carbonyl (C=O) groups excluding carboxylic acids is 1. The largest absolute Gasteiger partial charge is 0.297 e. The van der Waals surface area contributed by atoms with Crippen LogP contribution in [0.3, 0.4) is 0 Å². The molecule has 0 aromatic carbocycles. The molecule has 0 aromatic heterocycles. The van der Waals surface area contributed by atoms with E-state index < -0.39 is 0 Å². The fourth-order valence-corrected chi connectivity index (χ4v) is 2.57. The Kier molecular flexibility index (Phi) is 3.46. The number of thioether (sulfide) groups is 2. The van der Waals surface area contributed by atoms with Gasteiger partial charge in [-0.1, -0.05) is 0 Å². The first-order valence-corrected chi connectivity index (χ1v) is 5.18. The zero-order valence-corrected chi connectivity index (χ0v) is 7.82. The molecule has 0 aliphatic heterocycles. The normalized spacial score (nSPS) is 28.0. The summed E-state index contributed by atoms with van der Waals surface area (Å²) < 4.78 is 0. The number of thiocyanates is 2. The van der Waals surface area contributed by atoms with E-state index in [4.69, 9.17) is 10.5 Å². The topological polar surface area (TPSA) is 64.7 Å². The Morgan fingerprint density at radius 1 is 1.17 bits per heavy atom. The maximum absolute atomic E-state index is 11.3. The van der Waals surface area contributed by atoms with Crippen molar-refractivity contribution >= 4 is 29.3 Å². The van der Waals surface area contributed by atoms with Crippen LogP contribution in [0.25, 0.3) is 0 Å². The zero-order chi connectivity index (χ0) is 8.97. The van der Waals surface area contributed by atoms with E-state index in [-0.39, 0.29) is 16.3 Å². The summed E-state index contributed by atoms with van der Waals surface area (Å²) >= 11 is 2.02. The Morgan fingerprint density at radius 3 is 1.92 bits per heavy atom. The molecule has 3 nitrogen and oxygen atoms in total. The number of hydrogen-bond donors (Lipinski definition) is 0. The highest BCUT2D eigenvalue weighted by molar-refractivity contribution is 8.06. The Bertz CT molecular complexity index is 240. The van der Waals surface area contributed by atoms with Crippen LogP contribution in [0.1, 0.15) is 12.8 Å². The summed E-state index contributed by atoms with van der Waals surface area (Å²) in [5.41, 5.74) is 0. The second-order valence-electron chi connectivity index (χ2n) is 2.38.